The maximum Gasteiger partial charge on any atom is 0.0827 e. The zero-order valence-electron chi connectivity index (χ0n) is 7.31. The maximum atomic E-state index is 5.68. The van der Waals surface area contributed by atoms with Gasteiger partial charge in [-0.3, -0.25) is 4.98 Å². The van der Waals surface area contributed by atoms with Crippen molar-refractivity contribution < 1.29 is 0 Å². The minimum Gasteiger partial charge on any atom is -0.396 e. The monoisotopic (exact) mass is 174 g/mol. The van der Waals surface area contributed by atoms with Gasteiger partial charge in [-0.1, -0.05) is 0 Å². The van der Waals surface area contributed by atoms with Crippen molar-refractivity contribution in [3.63, 3.8) is 0 Å². The molecule has 2 N–H and O–H groups in total. The Balaban J connectivity index is 2.48. The summed E-state index contributed by atoms with van der Waals surface area (Å²) < 4.78 is 1.74. The van der Waals surface area contributed by atoms with Crippen LogP contribution < -0.4 is 5.73 Å². The van der Waals surface area contributed by atoms with Crippen LogP contribution in [0.4, 0.5) is 5.69 Å². The van der Waals surface area contributed by atoms with Crippen LogP contribution in [0.1, 0.15) is 5.69 Å². The second-order valence-corrected chi connectivity index (χ2v) is 2.82. The molecule has 4 nitrogen and oxygen atoms in total. The first kappa shape index (κ1) is 7.79. The largest absolute Gasteiger partial charge is 0.396 e. The van der Waals surface area contributed by atoms with E-state index in [0.717, 1.165) is 11.4 Å². The average molecular weight is 174 g/mol. The van der Waals surface area contributed by atoms with E-state index < -0.39 is 0 Å². The lowest BCUT2D eigenvalue weighted by atomic mass is 10.4. The number of pyridine rings is 1. The molecule has 13 heavy (non-hydrogen) atoms. The summed E-state index contributed by atoms with van der Waals surface area (Å²) in [5.74, 6) is 0. The molecule has 0 atom stereocenters. The van der Waals surface area contributed by atoms with Crippen molar-refractivity contribution in [3.8, 4) is 5.69 Å². The third kappa shape index (κ3) is 1.38. The van der Waals surface area contributed by atoms with Crippen molar-refractivity contribution in [2.45, 2.75) is 6.92 Å². The van der Waals surface area contributed by atoms with Gasteiger partial charge in [0.2, 0.25) is 0 Å². The highest BCUT2D eigenvalue weighted by Crippen LogP contribution is 2.11. The van der Waals surface area contributed by atoms with E-state index in [-0.39, 0.29) is 0 Å². The van der Waals surface area contributed by atoms with E-state index in [1.165, 1.54) is 0 Å². The highest BCUT2D eigenvalue weighted by Gasteiger charge is 2.01. The van der Waals surface area contributed by atoms with E-state index in [1.54, 1.807) is 23.3 Å². The molecule has 2 rings (SSSR count). The Labute approximate surface area is 76.0 Å². The Kier molecular flexibility index (Phi) is 1.73. The van der Waals surface area contributed by atoms with Gasteiger partial charge in [-0.25, -0.2) is 4.68 Å². The van der Waals surface area contributed by atoms with Crippen LogP contribution in [-0.4, -0.2) is 14.8 Å². The van der Waals surface area contributed by atoms with E-state index in [0.29, 0.717) is 5.69 Å². The van der Waals surface area contributed by atoms with Gasteiger partial charge in [-0.05, 0) is 19.1 Å². The number of hydrogen-bond acceptors (Lipinski definition) is 3. The minimum atomic E-state index is 0.705. The Morgan fingerprint density at radius 3 is 2.54 bits per heavy atom. The van der Waals surface area contributed by atoms with Gasteiger partial charge in [0, 0.05) is 12.4 Å². The Hall–Kier alpha value is -1.84. The molecule has 0 aromatic carbocycles. The van der Waals surface area contributed by atoms with E-state index in [9.17, 15) is 0 Å². The number of aromatic nitrogens is 3. The van der Waals surface area contributed by atoms with E-state index in [1.807, 2.05) is 19.1 Å². The van der Waals surface area contributed by atoms with Crippen LogP contribution in [0.25, 0.3) is 5.69 Å². The van der Waals surface area contributed by atoms with Gasteiger partial charge in [0.1, 0.15) is 0 Å². The van der Waals surface area contributed by atoms with Crippen molar-refractivity contribution in [1.82, 2.24) is 14.8 Å². The first-order valence-electron chi connectivity index (χ1n) is 3.99. The molecule has 0 radical (unpaired) electrons. The lowest BCUT2D eigenvalue weighted by Crippen LogP contribution is -1.94. The Morgan fingerprint density at radius 2 is 2.00 bits per heavy atom. The molecule has 0 bridgehead atoms. The smallest absolute Gasteiger partial charge is 0.0827 e. The average Bonchev–Trinajstić information content (AvgIpc) is 2.49. The van der Waals surface area contributed by atoms with Crippen LogP contribution in [-0.2, 0) is 0 Å². The molecular formula is C9H10N4. The fourth-order valence-corrected chi connectivity index (χ4v) is 1.10. The number of nitrogens with zero attached hydrogens (tertiary/aromatic N) is 3. The molecular weight excluding hydrogens is 164 g/mol. The highest BCUT2D eigenvalue weighted by molar-refractivity contribution is 5.43. The lowest BCUT2D eigenvalue weighted by molar-refractivity contribution is 0.860. The normalized spacial score (nSPS) is 10.2. The number of hydrogen-bond donors (Lipinski definition) is 1. The molecule has 0 unspecified atom stereocenters. The van der Waals surface area contributed by atoms with Gasteiger partial charge in [0.25, 0.3) is 0 Å². The predicted molar refractivity (Wildman–Crippen MR) is 50.5 cm³/mol. The van der Waals surface area contributed by atoms with Crippen LogP contribution in [0, 0.1) is 6.92 Å². The van der Waals surface area contributed by atoms with Crippen LogP contribution in [0.5, 0.6) is 0 Å². The van der Waals surface area contributed by atoms with Gasteiger partial charge >= 0.3 is 0 Å². The summed E-state index contributed by atoms with van der Waals surface area (Å²) >= 11 is 0. The van der Waals surface area contributed by atoms with Crippen molar-refractivity contribution in [2.24, 2.45) is 0 Å². The highest BCUT2D eigenvalue weighted by atomic mass is 15.3. The van der Waals surface area contributed by atoms with Crippen LogP contribution in [0.15, 0.2) is 30.7 Å². The third-order valence-electron chi connectivity index (χ3n) is 1.86. The summed E-state index contributed by atoms with van der Waals surface area (Å²) in [6.45, 7) is 1.88. The molecule has 0 aliphatic carbocycles. The van der Waals surface area contributed by atoms with Crippen LogP contribution in [0.2, 0.25) is 0 Å². The second-order valence-electron chi connectivity index (χ2n) is 2.82. The number of nitrogen functional groups attached to an aromatic ring is 1. The summed E-state index contributed by atoms with van der Waals surface area (Å²) in [5, 5.41) is 4.24. The molecule has 0 aliphatic rings. The zero-order chi connectivity index (χ0) is 9.26. The van der Waals surface area contributed by atoms with Gasteiger partial charge in [0.15, 0.2) is 0 Å². The van der Waals surface area contributed by atoms with Crippen LogP contribution in [0.3, 0.4) is 0 Å². The summed E-state index contributed by atoms with van der Waals surface area (Å²) in [7, 11) is 0. The number of nitrogens with two attached hydrogens (primary N) is 1. The van der Waals surface area contributed by atoms with Gasteiger partial charge in [0.05, 0.1) is 23.3 Å². The molecule has 0 aliphatic heterocycles. The first-order chi connectivity index (χ1) is 6.27. The zero-order valence-corrected chi connectivity index (χ0v) is 7.31. The summed E-state index contributed by atoms with van der Waals surface area (Å²) in [6.07, 6.45) is 5.25. The standard InChI is InChI=1S/C9H10N4/c1-7-9(10)6-13(12-7)8-2-4-11-5-3-8/h2-6H,10H2,1H3. The second kappa shape index (κ2) is 2.90. The van der Waals surface area contributed by atoms with Gasteiger partial charge in [-0.2, -0.15) is 5.10 Å². The molecule has 2 aromatic heterocycles. The summed E-state index contributed by atoms with van der Waals surface area (Å²) in [5.41, 5.74) is 8.20. The molecule has 0 spiro atoms. The fraction of sp³-hybridized carbons (Fsp3) is 0.111. The lowest BCUT2D eigenvalue weighted by Gasteiger charge is -1.97. The van der Waals surface area contributed by atoms with E-state index >= 15 is 0 Å². The molecule has 4 heteroatoms. The van der Waals surface area contributed by atoms with Crippen molar-refractivity contribution >= 4 is 5.69 Å². The van der Waals surface area contributed by atoms with E-state index in [4.69, 9.17) is 5.73 Å². The van der Waals surface area contributed by atoms with E-state index in [2.05, 4.69) is 10.1 Å². The maximum absolute atomic E-state index is 5.68. The number of rotatable bonds is 1. The summed E-state index contributed by atoms with van der Waals surface area (Å²) in [6, 6.07) is 3.76. The molecule has 2 heterocycles. The van der Waals surface area contributed by atoms with Crippen molar-refractivity contribution in [3.05, 3.63) is 36.4 Å². The number of aryl methyl sites for hydroxylation is 1. The molecule has 2 aromatic rings. The van der Waals surface area contributed by atoms with Crippen LogP contribution >= 0.6 is 0 Å². The Morgan fingerprint density at radius 1 is 1.31 bits per heavy atom. The van der Waals surface area contributed by atoms with Crippen molar-refractivity contribution in [2.75, 3.05) is 5.73 Å². The SMILES string of the molecule is Cc1nn(-c2ccncc2)cc1N. The Bertz CT molecular complexity index is 385. The molecule has 66 valence electrons. The predicted octanol–water partition coefficient (Wildman–Crippen LogP) is 1.16. The molecule has 0 fully saturated rings. The summed E-state index contributed by atoms with van der Waals surface area (Å²) in [4.78, 5) is 3.93. The molecule has 0 saturated carbocycles. The fourth-order valence-electron chi connectivity index (χ4n) is 1.10. The van der Waals surface area contributed by atoms with Gasteiger partial charge < -0.3 is 5.73 Å². The third-order valence-corrected chi connectivity index (χ3v) is 1.86. The quantitative estimate of drug-likeness (QED) is 0.705. The minimum absolute atomic E-state index is 0.705. The first-order valence-corrected chi connectivity index (χ1v) is 3.99. The van der Waals surface area contributed by atoms with Crippen molar-refractivity contribution in [1.29, 1.82) is 0 Å². The molecule has 0 amide bonds. The molecule has 0 saturated heterocycles. The number of anilines is 1. The topological polar surface area (TPSA) is 56.7 Å². The van der Waals surface area contributed by atoms with Gasteiger partial charge in [-0.15, -0.1) is 0 Å².